The molecule has 1 amide bonds. The Labute approximate surface area is 138 Å². The molecule has 6 heteroatoms. The molecule has 3 N–H and O–H groups in total. The number of carbonyl (C=O) groups excluding carboxylic acids is 1. The van der Waals surface area contributed by atoms with Crippen LogP contribution in [0.2, 0.25) is 0 Å². The van der Waals surface area contributed by atoms with E-state index in [1.165, 1.54) is 0 Å². The molecule has 0 spiro atoms. The fourth-order valence-electron chi connectivity index (χ4n) is 4.29. The molecule has 0 aromatic carbocycles. The van der Waals surface area contributed by atoms with Gasteiger partial charge in [0.1, 0.15) is 0 Å². The van der Waals surface area contributed by atoms with Crippen LogP contribution in [0.5, 0.6) is 0 Å². The molecular formula is C17H30N4O2. The number of imidazole rings is 1. The second kappa shape index (κ2) is 5.82. The number of aromatic nitrogens is 2. The highest BCUT2D eigenvalue weighted by Gasteiger charge is 2.46. The first kappa shape index (κ1) is 17.8. The molecule has 0 unspecified atom stereocenters. The van der Waals surface area contributed by atoms with Crippen molar-refractivity contribution in [1.29, 1.82) is 0 Å². The molecule has 1 aliphatic rings. The Kier molecular flexibility index (Phi) is 4.50. The summed E-state index contributed by atoms with van der Waals surface area (Å²) in [6.07, 6.45) is 1.91. The molecule has 0 radical (unpaired) electrons. The van der Waals surface area contributed by atoms with Crippen LogP contribution >= 0.6 is 0 Å². The lowest BCUT2D eigenvalue weighted by Gasteiger charge is -2.54. The Bertz CT molecular complexity index is 636. The van der Waals surface area contributed by atoms with E-state index in [1.54, 1.807) is 4.57 Å². The molecule has 2 rings (SSSR count). The third-order valence-corrected chi connectivity index (χ3v) is 5.02. The van der Waals surface area contributed by atoms with Crippen molar-refractivity contribution in [3.05, 3.63) is 21.9 Å². The van der Waals surface area contributed by atoms with Crippen LogP contribution in [0.1, 0.15) is 58.3 Å². The minimum atomic E-state index is -0.272. The molecule has 0 aliphatic carbocycles. The maximum atomic E-state index is 12.9. The van der Waals surface area contributed by atoms with Gasteiger partial charge < -0.3 is 15.6 Å². The Hall–Kier alpha value is -1.56. The largest absolute Gasteiger partial charge is 0.332 e. The summed E-state index contributed by atoms with van der Waals surface area (Å²) in [5.41, 5.74) is 7.22. The van der Waals surface area contributed by atoms with Gasteiger partial charge in [-0.15, -0.1) is 0 Å². The Morgan fingerprint density at radius 1 is 1.22 bits per heavy atom. The van der Waals surface area contributed by atoms with Gasteiger partial charge in [-0.05, 0) is 54.4 Å². The number of nitrogens with one attached hydrogen (secondary N) is 1. The van der Waals surface area contributed by atoms with Crippen molar-refractivity contribution in [2.24, 2.45) is 5.73 Å². The van der Waals surface area contributed by atoms with Crippen molar-refractivity contribution >= 4 is 5.91 Å². The lowest BCUT2D eigenvalue weighted by molar-refractivity contribution is -0.149. The van der Waals surface area contributed by atoms with Crippen LogP contribution in [-0.2, 0) is 11.3 Å². The summed E-state index contributed by atoms with van der Waals surface area (Å²) in [4.78, 5) is 29.6. The third kappa shape index (κ3) is 3.37. The quantitative estimate of drug-likeness (QED) is 0.888. The highest BCUT2D eigenvalue weighted by molar-refractivity contribution is 5.78. The topological polar surface area (TPSA) is 84.1 Å². The first-order valence-electron chi connectivity index (χ1n) is 8.30. The number of H-pyrrole nitrogens is 1. The van der Waals surface area contributed by atoms with E-state index in [2.05, 4.69) is 32.7 Å². The van der Waals surface area contributed by atoms with Crippen LogP contribution in [0.3, 0.4) is 0 Å². The second-order valence-corrected chi connectivity index (χ2v) is 8.06. The molecule has 1 aromatic heterocycles. The fourth-order valence-corrected chi connectivity index (χ4v) is 4.29. The van der Waals surface area contributed by atoms with Gasteiger partial charge >= 0.3 is 5.69 Å². The number of likely N-dealkylation sites (tertiary alicyclic amines) is 1. The average molecular weight is 322 g/mol. The van der Waals surface area contributed by atoms with Crippen LogP contribution in [0.15, 0.2) is 4.79 Å². The minimum absolute atomic E-state index is 0.0806. The van der Waals surface area contributed by atoms with Crippen molar-refractivity contribution in [3.8, 4) is 0 Å². The number of rotatable bonds is 3. The predicted molar refractivity (Wildman–Crippen MR) is 91.4 cm³/mol. The molecule has 0 bridgehead atoms. The lowest BCUT2D eigenvalue weighted by Crippen LogP contribution is -2.65. The van der Waals surface area contributed by atoms with Gasteiger partial charge in [0.15, 0.2) is 0 Å². The number of carbonyl (C=O) groups is 1. The zero-order valence-corrected chi connectivity index (χ0v) is 15.2. The molecule has 130 valence electrons. The maximum absolute atomic E-state index is 12.9. The van der Waals surface area contributed by atoms with Gasteiger partial charge in [0.2, 0.25) is 5.91 Å². The predicted octanol–water partition coefficient (Wildman–Crippen LogP) is 1.69. The molecule has 1 aliphatic heterocycles. The van der Waals surface area contributed by atoms with E-state index in [-0.39, 0.29) is 28.7 Å². The number of hydrogen-bond acceptors (Lipinski definition) is 3. The van der Waals surface area contributed by atoms with Crippen molar-refractivity contribution in [2.75, 3.05) is 0 Å². The number of aryl methyl sites for hydroxylation is 1. The highest BCUT2D eigenvalue weighted by Crippen LogP contribution is 2.38. The summed E-state index contributed by atoms with van der Waals surface area (Å²) in [5, 5.41) is 0. The van der Waals surface area contributed by atoms with Gasteiger partial charge in [-0.1, -0.05) is 0 Å². The SMILES string of the molecule is Cc1[nH]c(=O)n(CCC(=O)N2C(C)(C)CC(N)CC2(C)C)c1C. The van der Waals surface area contributed by atoms with Crippen molar-refractivity contribution in [3.63, 3.8) is 0 Å². The van der Waals surface area contributed by atoms with E-state index < -0.39 is 0 Å². The molecule has 2 heterocycles. The second-order valence-electron chi connectivity index (χ2n) is 8.06. The first-order valence-corrected chi connectivity index (χ1v) is 8.30. The smallest absolute Gasteiger partial charge is 0.325 e. The van der Waals surface area contributed by atoms with E-state index in [0.29, 0.717) is 13.0 Å². The van der Waals surface area contributed by atoms with E-state index in [1.807, 2.05) is 18.7 Å². The van der Waals surface area contributed by atoms with E-state index >= 15 is 0 Å². The summed E-state index contributed by atoms with van der Waals surface area (Å²) < 4.78 is 1.64. The first-order chi connectivity index (χ1) is 10.5. The summed E-state index contributed by atoms with van der Waals surface area (Å²) in [5.74, 6) is 0.0806. The van der Waals surface area contributed by atoms with Crippen LogP contribution in [0.4, 0.5) is 0 Å². The Morgan fingerprint density at radius 3 is 2.17 bits per heavy atom. The minimum Gasteiger partial charge on any atom is -0.332 e. The number of aromatic amines is 1. The van der Waals surface area contributed by atoms with Gasteiger partial charge in [0, 0.05) is 41.5 Å². The Balaban J connectivity index is 2.17. The monoisotopic (exact) mass is 322 g/mol. The Morgan fingerprint density at radius 2 is 1.74 bits per heavy atom. The summed E-state index contributed by atoms with van der Waals surface area (Å²) >= 11 is 0. The number of piperidine rings is 1. The summed E-state index contributed by atoms with van der Waals surface area (Å²) in [7, 11) is 0. The fraction of sp³-hybridized carbons (Fsp3) is 0.765. The highest BCUT2D eigenvalue weighted by atomic mass is 16.2. The number of nitrogens with two attached hydrogens (primary N) is 1. The number of amides is 1. The molecule has 23 heavy (non-hydrogen) atoms. The average Bonchev–Trinajstić information content (AvgIpc) is 2.57. The zero-order valence-electron chi connectivity index (χ0n) is 15.2. The maximum Gasteiger partial charge on any atom is 0.325 e. The lowest BCUT2D eigenvalue weighted by atomic mass is 9.77. The van der Waals surface area contributed by atoms with Gasteiger partial charge in [0.25, 0.3) is 0 Å². The van der Waals surface area contributed by atoms with Crippen molar-refractivity contribution in [2.45, 2.75) is 84.5 Å². The summed E-state index contributed by atoms with van der Waals surface area (Å²) in [6.45, 7) is 12.5. The van der Waals surface area contributed by atoms with Gasteiger partial charge in [-0.3, -0.25) is 9.36 Å². The van der Waals surface area contributed by atoms with Crippen molar-refractivity contribution in [1.82, 2.24) is 14.5 Å². The van der Waals surface area contributed by atoms with Gasteiger partial charge in [0.05, 0.1) is 0 Å². The molecule has 1 fully saturated rings. The van der Waals surface area contributed by atoms with Crippen LogP contribution < -0.4 is 11.4 Å². The number of nitrogens with zero attached hydrogens (tertiary/aromatic N) is 2. The van der Waals surface area contributed by atoms with Crippen LogP contribution in [0.25, 0.3) is 0 Å². The van der Waals surface area contributed by atoms with Crippen molar-refractivity contribution < 1.29 is 4.79 Å². The van der Waals surface area contributed by atoms with E-state index in [4.69, 9.17) is 5.73 Å². The molecule has 1 saturated heterocycles. The van der Waals surface area contributed by atoms with Crippen LogP contribution in [-0.4, -0.2) is 37.5 Å². The van der Waals surface area contributed by atoms with Gasteiger partial charge in [-0.2, -0.15) is 0 Å². The molecule has 1 aromatic rings. The summed E-state index contributed by atoms with van der Waals surface area (Å²) in [6, 6.07) is 0.112. The standard InChI is InChI=1S/C17H30N4O2/c1-11-12(2)20(15(23)19-11)8-7-14(22)21-16(3,4)9-13(18)10-17(21,5)6/h13H,7-10,18H2,1-6H3,(H,19,23). The normalized spacial score (nSPS) is 20.7. The van der Waals surface area contributed by atoms with E-state index in [9.17, 15) is 9.59 Å². The van der Waals surface area contributed by atoms with Crippen LogP contribution in [0, 0.1) is 13.8 Å². The van der Waals surface area contributed by atoms with Gasteiger partial charge in [-0.25, -0.2) is 4.79 Å². The molecule has 0 saturated carbocycles. The zero-order chi connectivity index (χ0) is 17.6. The van der Waals surface area contributed by atoms with E-state index in [0.717, 1.165) is 24.2 Å². The molecule has 6 nitrogen and oxygen atoms in total. The number of hydrogen-bond donors (Lipinski definition) is 2. The molecule has 0 atom stereocenters. The third-order valence-electron chi connectivity index (χ3n) is 5.02. The molecular weight excluding hydrogens is 292 g/mol.